The standard InChI is InChI=1S/C29H40N2O7/c1-17-14-22-25(27(34)29(4)24(37-19(3)33)15-23(26(17)29)36-18(2)32)21(28(35)38-22)16-30-10-12-31(13-11-30)20-8-6-5-7-9-20/h5-9,17,21-27,34H,10-16H2,1-4H3/t17?,21?,22-,23-,24-,25+,26?,27-,29+/m0/s1. The summed E-state index contributed by atoms with van der Waals surface area (Å²) < 4.78 is 17.4. The van der Waals surface area contributed by atoms with Crippen molar-refractivity contribution >= 4 is 23.6 Å². The quantitative estimate of drug-likeness (QED) is 0.455. The van der Waals surface area contributed by atoms with Gasteiger partial charge in [-0.3, -0.25) is 19.3 Å². The summed E-state index contributed by atoms with van der Waals surface area (Å²) in [5, 5.41) is 12.1. The van der Waals surface area contributed by atoms with Crippen LogP contribution in [0, 0.1) is 29.1 Å². The number of hydrogen-bond acceptors (Lipinski definition) is 9. The third-order valence-electron chi connectivity index (χ3n) is 9.52. The van der Waals surface area contributed by atoms with Crippen molar-refractivity contribution in [2.75, 3.05) is 37.6 Å². The maximum atomic E-state index is 13.2. The molecule has 2 saturated carbocycles. The zero-order valence-corrected chi connectivity index (χ0v) is 22.7. The van der Waals surface area contributed by atoms with Gasteiger partial charge in [0, 0.05) is 75.9 Å². The fourth-order valence-corrected chi connectivity index (χ4v) is 7.89. The molecule has 4 fully saturated rings. The van der Waals surface area contributed by atoms with Gasteiger partial charge >= 0.3 is 17.9 Å². The monoisotopic (exact) mass is 528 g/mol. The van der Waals surface area contributed by atoms with E-state index in [1.807, 2.05) is 25.1 Å². The molecule has 4 aliphatic rings. The Morgan fingerprint density at radius 1 is 1.05 bits per heavy atom. The van der Waals surface area contributed by atoms with Crippen molar-refractivity contribution in [1.29, 1.82) is 0 Å². The van der Waals surface area contributed by atoms with Gasteiger partial charge in [-0.1, -0.05) is 32.0 Å². The molecule has 1 aromatic rings. The number of aliphatic hydroxyl groups is 1. The van der Waals surface area contributed by atoms with Gasteiger partial charge in [-0.25, -0.2) is 0 Å². The molecule has 208 valence electrons. The fraction of sp³-hybridized carbons (Fsp3) is 0.690. The number of hydrogen-bond donors (Lipinski definition) is 1. The van der Waals surface area contributed by atoms with Crippen LogP contribution in [0.5, 0.6) is 0 Å². The van der Waals surface area contributed by atoms with E-state index in [2.05, 4.69) is 28.9 Å². The van der Waals surface area contributed by atoms with Crippen molar-refractivity contribution in [2.45, 2.75) is 65.0 Å². The number of esters is 3. The molecule has 9 atom stereocenters. The first-order valence-electron chi connectivity index (χ1n) is 13.8. The van der Waals surface area contributed by atoms with Gasteiger partial charge in [0.15, 0.2) is 0 Å². The van der Waals surface area contributed by atoms with Crippen LogP contribution in [0.15, 0.2) is 30.3 Å². The topological polar surface area (TPSA) is 106 Å². The molecule has 0 bridgehead atoms. The van der Waals surface area contributed by atoms with Crippen molar-refractivity contribution < 1.29 is 33.7 Å². The lowest BCUT2D eigenvalue weighted by atomic mass is 9.66. The highest BCUT2D eigenvalue weighted by Gasteiger charge is 2.67. The predicted molar refractivity (Wildman–Crippen MR) is 139 cm³/mol. The summed E-state index contributed by atoms with van der Waals surface area (Å²) in [4.78, 5) is 41.8. The molecular formula is C29H40N2O7. The number of carbonyl (C=O) groups excluding carboxylic acids is 3. The highest BCUT2D eigenvalue weighted by molar-refractivity contribution is 5.76. The Bertz CT molecular complexity index is 1040. The average molecular weight is 529 g/mol. The second kappa shape index (κ2) is 10.5. The SMILES string of the molecule is CC(=O)O[C@H]1C[C@H](OC(C)=O)[C@]2(C)C1C(C)C[C@@H]1OC(=O)C(CN3CCN(c4ccccc4)CC3)[C@H]1[C@@H]2O. The van der Waals surface area contributed by atoms with Gasteiger partial charge in [0.05, 0.1) is 12.0 Å². The first-order valence-corrected chi connectivity index (χ1v) is 13.8. The van der Waals surface area contributed by atoms with Crippen LogP contribution in [-0.2, 0) is 28.6 Å². The molecule has 5 rings (SSSR count). The number of anilines is 1. The molecule has 3 unspecified atom stereocenters. The summed E-state index contributed by atoms with van der Waals surface area (Å²) in [5.74, 6) is -2.26. The Hall–Kier alpha value is -2.65. The summed E-state index contributed by atoms with van der Waals surface area (Å²) in [6.07, 6.45) is -1.60. The molecule has 2 aliphatic heterocycles. The lowest BCUT2D eigenvalue weighted by Gasteiger charge is -2.44. The van der Waals surface area contributed by atoms with Crippen LogP contribution in [-0.4, -0.2) is 85.1 Å². The average Bonchev–Trinajstić information content (AvgIpc) is 3.28. The smallest absolute Gasteiger partial charge is 0.311 e. The second-order valence-electron chi connectivity index (χ2n) is 11.8. The molecule has 9 heteroatoms. The summed E-state index contributed by atoms with van der Waals surface area (Å²) in [5.41, 5.74) is 0.308. The van der Waals surface area contributed by atoms with Crippen LogP contribution in [0.4, 0.5) is 5.69 Å². The molecule has 0 radical (unpaired) electrons. The lowest BCUT2D eigenvalue weighted by Crippen LogP contribution is -2.53. The molecule has 1 aromatic carbocycles. The zero-order chi connectivity index (χ0) is 27.2. The van der Waals surface area contributed by atoms with Crippen LogP contribution in [0.2, 0.25) is 0 Å². The molecule has 38 heavy (non-hydrogen) atoms. The van der Waals surface area contributed by atoms with Gasteiger partial charge in [-0.15, -0.1) is 0 Å². The Labute approximate surface area is 224 Å². The molecule has 2 aliphatic carbocycles. The van der Waals surface area contributed by atoms with E-state index in [9.17, 15) is 19.5 Å². The Morgan fingerprint density at radius 2 is 1.71 bits per heavy atom. The van der Waals surface area contributed by atoms with Crippen molar-refractivity contribution in [3.8, 4) is 0 Å². The van der Waals surface area contributed by atoms with Gasteiger partial charge in [0.25, 0.3) is 0 Å². The van der Waals surface area contributed by atoms with E-state index in [-0.39, 0.29) is 17.8 Å². The number of fused-ring (bicyclic) bond motifs is 2. The second-order valence-corrected chi connectivity index (χ2v) is 11.8. The molecule has 0 spiro atoms. The lowest BCUT2D eigenvalue weighted by molar-refractivity contribution is -0.165. The molecule has 0 amide bonds. The Balaban J connectivity index is 1.37. The minimum absolute atomic E-state index is 0.0180. The van der Waals surface area contributed by atoms with Gasteiger partial charge < -0.3 is 24.2 Å². The largest absolute Gasteiger partial charge is 0.462 e. The number of ether oxygens (including phenoxy) is 3. The fourth-order valence-electron chi connectivity index (χ4n) is 7.89. The van der Waals surface area contributed by atoms with Gasteiger partial charge in [-0.2, -0.15) is 0 Å². The van der Waals surface area contributed by atoms with E-state index in [1.54, 1.807) is 0 Å². The van der Waals surface area contributed by atoms with E-state index in [0.717, 1.165) is 26.2 Å². The highest BCUT2D eigenvalue weighted by Crippen LogP contribution is 2.59. The molecule has 2 saturated heterocycles. The third kappa shape index (κ3) is 4.79. The van der Waals surface area contributed by atoms with E-state index >= 15 is 0 Å². The van der Waals surface area contributed by atoms with Gasteiger partial charge in [0.2, 0.25) is 0 Å². The van der Waals surface area contributed by atoms with E-state index in [4.69, 9.17) is 14.2 Å². The first kappa shape index (κ1) is 26.9. The maximum absolute atomic E-state index is 13.2. The normalized spacial score (nSPS) is 39.1. The van der Waals surface area contributed by atoms with Crippen LogP contribution in [0.1, 0.15) is 40.5 Å². The number of carbonyl (C=O) groups is 3. The van der Waals surface area contributed by atoms with Crippen LogP contribution in [0.25, 0.3) is 0 Å². The molecule has 9 nitrogen and oxygen atoms in total. The van der Waals surface area contributed by atoms with Crippen molar-refractivity contribution in [3.63, 3.8) is 0 Å². The molecule has 0 aromatic heterocycles. The zero-order valence-electron chi connectivity index (χ0n) is 22.7. The van der Waals surface area contributed by atoms with Crippen LogP contribution in [0.3, 0.4) is 0 Å². The number of nitrogens with zero attached hydrogens (tertiary/aromatic N) is 2. The summed E-state index contributed by atoms with van der Waals surface area (Å²) in [6.45, 7) is 10.6. The summed E-state index contributed by atoms with van der Waals surface area (Å²) in [7, 11) is 0. The number of para-hydroxylation sites is 1. The molecule has 1 N–H and O–H groups in total. The summed E-state index contributed by atoms with van der Waals surface area (Å²) in [6, 6.07) is 10.3. The number of piperazine rings is 1. The third-order valence-corrected chi connectivity index (χ3v) is 9.52. The predicted octanol–water partition coefficient (Wildman–Crippen LogP) is 2.26. The Morgan fingerprint density at radius 3 is 2.34 bits per heavy atom. The maximum Gasteiger partial charge on any atom is 0.311 e. The first-order chi connectivity index (χ1) is 18.1. The summed E-state index contributed by atoms with van der Waals surface area (Å²) >= 11 is 0. The van der Waals surface area contributed by atoms with Gasteiger partial charge in [0.1, 0.15) is 18.3 Å². The minimum Gasteiger partial charge on any atom is -0.462 e. The van der Waals surface area contributed by atoms with Gasteiger partial charge in [-0.05, 0) is 24.5 Å². The van der Waals surface area contributed by atoms with Crippen LogP contribution >= 0.6 is 0 Å². The van der Waals surface area contributed by atoms with E-state index < -0.39 is 53.6 Å². The number of aliphatic hydroxyl groups excluding tert-OH is 1. The van der Waals surface area contributed by atoms with Crippen molar-refractivity contribution in [2.24, 2.45) is 29.1 Å². The number of rotatable bonds is 5. The highest BCUT2D eigenvalue weighted by atomic mass is 16.6. The van der Waals surface area contributed by atoms with E-state index in [0.29, 0.717) is 19.4 Å². The number of benzene rings is 1. The van der Waals surface area contributed by atoms with E-state index in [1.165, 1.54) is 19.5 Å². The minimum atomic E-state index is -0.964. The molecule has 2 heterocycles. The van der Waals surface area contributed by atoms with Crippen LogP contribution < -0.4 is 4.90 Å². The Kier molecular flexibility index (Phi) is 7.44. The van der Waals surface area contributed by atoms with Crippen molar-refractivity contribution in [3.05, 3.63) is 30.3 Å². The van der Waals surface area contributed by atoms with Crippen molar-refractivity contribution in [1.82, 2.24) is 4.90 Å². The molecular weight excluding hydrogens is 488 g/mol.